The third kappa shape index (κ3) is 3.43. The lowest BCUT2D eigenvalue weighted by molar-refractivity contribution is 0.0697. The Morgan fingerprint density at radius 2 is 1.81 bits per heavy atom. The smallest absolute Gasteiger partial charge is 0.335 e. The summed E-state index contributed by atoms with van der Waals surface area (Å²) in [6.07, 6.45) is 8.03. The average molecular weight is 371 g/mol. The Labute approximate surface area is 159 Å². The van der Waals surface area contributed by atoms with E-state index in [4.69, 9.17) is 0 Å². The van der Waals surface area contributed by atoms with E-state index < -0.39 is 5.97 Å². The van der Waals surface area contributed by atoms with Crippen LogP contribution in [-0.2, 0) is 6.54 Å². The van der Waals surface area contributed by atoms with Gasteiger partial charge in [-0.05, 0) is 63.9 Å². The summed E-state index contributed by atoms with van der Waals surface area (Å²) in [6.45, 7) is 4.94. The summed E-state index contributed by atoms with van der Waals surface area (Å²) in [5.74, 6) is -0.950. The topological polar surface area (TPSA) is 67.5 Å². The lowest BCUT2D eigenvalue weighted by Crippen LogP contribution is -2.37. The lowest BCUT2D eigenvalue weighted by Gasteiger charge is -2.24. The van der Waals surface area contributed by atoms with Crippen LogP contribution < -0.4 is 5.69 Å². The summed E-state index contributed by atoms with van der Waals surface area (Å²) >= 11 is 0. The molecular weight excluding hydrogens is 342 g/mol. The minimum atomic E-state index is -0.950. The predicted molar refractivity (Wildman–Crippen MR) is 106 cm³/mol. The molecule has 1 atom stereocenters. The van der Waals surface area contributed by atoms with Crippen LogP contribution in [0.15, 0.2) is 23.0 Å². The standard InChI is InChI=1S/C21H29N3O3/c1-15(22-11-5-6-12-22)14-23-19-13-16(20(25)26)9-10-18(19)24(21(23)27)17-7-3-2-4-8-17/h9-10,13,15,17H,2-8,11-12,14H2,1H3,(H,25,26)/t15-/m0/s1. The molecule has 6 heteroatoms. The number of carboxylic acids is 1. The number of benzene rings is 1. The van der Waals surface area contributed by atoms with Crippen molar-refractivity contribution in [1.29, 1.82) is 0 Å². The summed E-state index contributed by atoms with van der Waals surface area (Å²) in [5.41, 5.74) is 1.90. The van der Waals surface area contributed by atoms with Crippen molar-refractivity contribution >= 4 is 17.0 Å². The summed E-state index contributed by atoms with van der Waals surface area (Å²) in [4.78, 5) is 27.3. The summed E-state index contributed by atoms with van der Waals surface area (Å²) < 4.78 is 3.76. The molecule has 1 aliphatic heterocycles. The Bertz CT molecular complexity index is 886. The molecule has 0 bridgehead atoms. The lowest BCUT2D eigenvalue weighted by atomic mass is 9.95. The van der Waals surface area contributed by atoms with Crippen molar-refractivity contribution in [2.45, 2.75) is 70.5 Å². The number of fused-ring (bicyclic) bond motifs is 1. The maximum Gasteiger partial charge on any atom is 0.335 e. The second kappa shape index (κ2) is 7.50. The zero-order chi connectivity index (χ0) is 19.0. The Morgan fingerprint density at radius 1 is 1.11 bits per heavy atom. The van der Waals surface area contributed by atoms with Crippen molar-refractivity contribution in [3.63, 3.8) is 0 Å². The molecule has 0 unspecified atom stereocenters. The molecule has 27 heavy (non-hydrogen) atoms. The van der Waals surface area contributed by atoms with E-state index >= 15 is 0 Å². The van der Waals surface area contributed by atoms with Crippen LogP contribution in [0.3, 0.4) is 0 Å². The molecule has 2 aliphatic rings. The van der Waals surface area contributed by atoms with Gasteiger partial charge in [0, 0.05) is 18.6 Å². The van der Waals surface area contributed by atoms with Gasteiger partial charge in [-0.1, -0.05) is 19.3 Å². The highest BCUT2D eigenvalue weighted by Crippen LogP contribution is 2.30. The van der Waals surface area contributed by atoms with Gasteiger partial charge in [0.25, 0.3) is 0 Å². The Hall–Kier alpha value is -2.08. The molecule has 146 valence electrons. The van der Waals surface area contributed by atoms with Gasteiger partial charge < -0.3 is 5.11 Å². The van der Waals surface area contributed by atoms with E-state index in [0.717, 1.165) is 49.8 Å². The van der Waals surface area contributed by atoms with E-state index in [1.54, 1.807) is 12.1 Å². The van der Waals surface area contributed by atoms with Crippen molar-refractivity contribution in [3.8, 4) is 0 Å². The molecule has 1 saturated carbocycles. The van der Waals surface area contributed by atoms with Crippen molar-refractivity contribution < 1.29 is 9.90 Å². The molecule has 4 rings (SSSR count). The number of likely N-dealkylation sites (tertiary alicyclic amines) is 1. The van der Waals surface area contributed by atoms with Crippen LogP contribution in [-0.4, -0.2) is 44.2 Å². The monoisotopic (exact) mass is 371 g/mol. The van der Waals surface area contributed by atoms with Crippen molar-refractivity contribution in [1.82, 2.24) is 14.0 Å². The quantitative estimate of drug-likeness (QED) is 0.874. The predicted octanol–water partition coefficient (Wildman–Crippen LogP) is 3.49. The zero-order valence-electron chi connectivity index (χ0n) is 16.1. The number of hydrogen-bond donors (Lipinski definition) is 1. The first kappa shape index (κ1) is 18.3. The van der Waals surface area contributed by atoms with Gasteiger partial charge in [-0.3, -0.25) is 14.0 Å². The largest absolute Gasteiger partial charge is 0.478 e. The summed E-state index contributed by atoms with van der Waals surface area (Å²) in [6, 6.07) is 5.62. The molecule has 2 aromatic rings. The molecule has 0 spiro atoms. The molecule has 2 heterocycles. The van der Waals surface area contributed by atoms with Crippen LogP contribution in [0.5, 0.6) is 0 Å². The van der Waals surface area contributed by atoms with Crippen LogP contribution in [0, 0.1) is 0 Å². The van der Waals surface area contributed by atoms with Crippen LogP contribution in [0.4, 0.5) is 0 Å². The van der Waals surface area contributed by atoms with E-state index in [-0.39, 0.29) is 23.3 Å². The first-order valence-electron chi connectivity index (χ1n) is 10.3. The molecule has 2 fully saturated rings. The minimum Gasteiger partial charge on any atom is -0.478 e. The van der Waals surface area contributed by atoms with Gasteiger partial charge in [-0.25, -0.2) is 9.59 Å². The molecule has 1 saturated heterocycles. The fourth-order valence-corrected chi connectivity index (χ4v) is 4.84. The number of rotatable bonds is 5. The minimum absolute atomic E-state index is 0.0190. The number of hydrogen-bond acceptors (Lipinski definition) is 3. The maximum atomic E-state index is 13.4. The van der Waals surface area contributed by atoms with E-state index in [1.807, 2.05) is 15.2 Å². The zero-order valence-corrected chi connectivity index (χ0v) is 16.1. The number of imidazole rings is 1. The molecule has 1 aliphatic carbocycles. The van der Waals surface area contributed by atoms with Crippen molar-refractivity contribution in [2.75, 3.05) is 13.1 Å². The van der Waals surface area contributed by atoms with Gasteiger partial charge in [-0.2, -0.15) is 0 Å². The van der Waals surface area contributed by atoms with Crippen LogP contribution in [0.25, 0.3) is 11.0 Å². The summed E-state index contributed by atoms with van der Waals surface area (Å²) in [7, 11) is 0. The highest BCUT2D eigenvalue weighted by Gasteiger charge is 2.25. The van der Waals surface area contributed by atoms with Gasteiger partial charge in [-0.15, -0.1) is 0 Å². The molecule has 1 N–H and O–H groups in total. The number of aromatic carboxylic acids is 1. The van der Waals surface area contributed by atoms with E-state index in [1.165, 1.54) is 19.3 Å². The van der Waals surface area contributed by atoms with Crippen LogP contribution in [0.2, 0.25) is 0 Å². The van der Waals surface area contributed by atoms with Gasteiger partial charge in [0.05, 0.1) is 16.6 Å². The van der Waals surface area contributed by atoms with Crippen molar-refractivity contribution in [3.05, 3.63) is 34.2 Å². The normalized spacial score (nSPS) is 20.3. The maximum absolute atomic E-state index is 13.4. The Kier molecular flexibility index (Phi) is 5.08. The first-order valence-corrected chi connectivity index (χ1v) is 10.3. The van der Waals surface area contributed by atoms with Crippen LogP contribution >= 0.6 is 0 Å². The number of aromatic nitrogens is 2. The third-order valence-electron chi connectivity index (χ3n) is 6.36. The second-order valence-electron chi connectivity index (χ2n) is 8.16. The number of nitrogens with zero attached hydrogens (tertiary/aromatic N) is 3. The first-order chi connectivity index (χ1) is 13.1. The van der Waals surface area contributed by atoms with Gasteiger partial charge in [0.2, 0.25) is 0 Å². The second-order valence-corrected chi connectivity index (χ2v) is 8.16. The SMILES string of the molecule is C[C@@H](Cn1c(=O)n(C2CCCCC2)c2ccc(C(=O)O)cc21)N1CCCC1. The molecule has 0 radical (unpaired) electrons. The average Bonchev–Trinajstić information content (AvgIpc) is 3.30. The van der Waals surface area contributed by atoms with E-state index in [9.17, 15) is 14.7 Å². The van der Waals surface area contributed by atoms with Gasteiger partial charge in [0.15, 0.2) is 0 Å². The third-order valence-corrected chi connectivity index (χ3v) is 6.36. The van der Waals surface area contributed by atoms with Crippen molar-refractivity contribution in [2.24, 2.45) is 0 Å². The highest BCUT2D eigenvalue weighted by molar-refractivity contribution is 5.92. The van der Waals surface area contributed by atoms with Gasteiger partial charge >= 0.3 is 11.7 Å². The molecule has 0 amide bonds. The molecule has 1 aromatic carbocycles. The molecular formula is C21H29N3O3. The molecule has 1 aromatic heterocycles. The molecule has 6 nitrogen and oxygen atoms in total. The fourth-order valence-electron chi connectivity index (χ4n) is 4.84. The van der Waals surface area contributed by atoms with Crippen LogP contribution in [0.1, 0.15) is 68.3 Å². The number of carboxylic acid groups (broad SMARTS) is 1. The number of carbonyl (C=O) groups is 1. The Balaban J connectivity index is 1.79. The Morgan fingerprint density at radius 3 is 2.48 bits per heavy atom. The summed E-state index contributed by atoms with van der Waals surface area (Å²) in [5, 5.41) is 9.41. The fraction of sp³-hybridized carbons (Fsp3) is 0.619. The van der Waals surface area contributed by atoms with E-state index in [0.29, 0.717) is 6.54 Å². The highest BCUT2D eigenvalue weighted by atomic mass is 16.4. The van der Waals surface area contributed by atoms with E-state index in [2.05, 4.69) is 11.8 Å². The van der Waals surface area contributed by atoms with Gasteiger partial charge in [0.1, 0.15) is 0 Å².